The molecule has 3 rings (SSSR count). The molecule has 23 heavy (non-hydrogen) atoms. The molecule has 0 aliphatic heterocycles. The molecular formula is C18H20N2O3. The number of rotatable bonds is 5. The van der Waals surface area contributed by atoms with E-state index >= 15 is 0 Å². The molecule has 0 saturated carbocycles. The molecule has 3 N–H and O–H groups in total. The summed E-state index contributed by atoms with van der Waals surface area (Å²) in [5, 5.41) is 13.9. The van der Waals surface area contributed by atoms with Gasteiger partial charge < -0.3 is 19.8 Å². The van der Waals surface area contributed by atoms with Crippen molar-refractivity contribution in [2.45, 2.75) is 32.4 Å². The fourth-order valence-corrected chi connectivity index (χ4v) is 2.71. The molecule has 5 nitrogen and oxygen atoms in total. The molecule has 3 aromatic rings. The highest BCUT2D eigenvalue weighted by Crippen LogP contribution is 2.21. The van der Waals surface area contributed by atoms with E-state index in [1.54, 1.807) is 18.3 Å². The van der Waals surface area contributed by atoms with Crippen LogP contribution in [-0.4, -0.2) is 22.0 Å². The maximum absolute atomic E-state index is 12.5. The van der Waals surface area contributed by atoms with Gasteiger partial charge >= 0.3 is 0 Å². The summed E-state index contributed by atoms with van der Waals surface area (Å²) in [4.78, 5) is 15.6. The fourth-order valence-electron chi connectivity index (χ4n) is 2.71. The summed E-state index contributed by atoms with van der Waals surface area (Å²) in [5.41, 5.74) is 2.65. The van der Waals surface area contributed by atoms with E-state index in [1.165, 1.54) is 6.26 Å². The lowest BCUT2D eigenvalue weighted by atomic mass is 10.1. The van der Waals surface area contributed by atoms with Gasteiger partial charge in [0.1, 0.15) is 11.9 Å². The molecule has 1 amide bonds. The average molecular weight is 312 g/mol. The summed E-state index contributed by atoms with van der Waals surface area (Å²) >= 11 is 0. The van der Waals surface area contributed by atoms with Crippen LogP contribution in [0.15, 0.2) is 47.2 Å². The number of carbonyl (C=O) groups excluding carboxylic acids is 1. The molecule has 0 fully saturated rings. The Kier molecular flexibility index (Phi) is 4.21. The van der Waals surface area contributed by atoms with Gasteiger partial charge in [-0.25, -0.2) is 0 Å². The van der Waals surface area contributed by atoms with Gasteiger partial charge in [-0.15, -0.1) is 0 Å². The molecule has 0 saturated heterocycles. The minimum Gasteiger partial charge on any atom is -0.467 e. The maximum atomic E-state index is 12.5. The van der Waals surface area contributed by atoms with Gasteiger partial charge in [0, 0.05) is 29.6 Å². The highest BCUT2D eigenvalue weighted by atomic mass is 16.4. The third-order valence-corrected chi connectivity index (χ3v) is 3.91. The first-order valence-corrected chi connectivity index (χ1v) is 7.64. The van der Waals surface area contributed by atoms with E-state index in [9.17, 15) is 9.90 Å². The number of amides is 1. The van der Waals surface area contributed by atoms with Crippen LogP contribution in [-0.2, 0) is 0 Å². The summed E-state index contributed by atoms with van der Waals surface area (Å²) in [6.07, 6.45) is 2.90. The van der Waals surface area contributed by atoms with Crippen LogP contribution < -0.4 is 5.32 Å². The second-order valence-corrected chi connectivity index (χ2v) is 5.89. The Morgan fingerprint density at radius 2 is 2.22 bits per heavy atom. The molecule has 120 valence electrons. The lowest BCUT2D eigenvalue weighted by Gasteiger charge is -2.16. The number of carbonyl (C=O) groups is 1. The van der Waals surface area contributed by atoms with Gasteiger partial charge in [0.25, 0.3) is 5.91 Å². The number of aryl methyl sites for hydroxylation is 1. The zero-order valence-corrected chi connectivity index (χ0v) is 13.2. The van der Waals surface area contributed by atoms with Crippen molar-refractivity contribution in [3.63, 3.8) is 0 Å². The highest BCUT2D eigenvalue weighted by Gasteiger charge is 2.18. The number of benzene rings is 1. The van der Waals surface area contributed by atoms with Crippen LogP contribution in [0.1, 0.15) is 41.1 Å². The van der Waals surface area contributed by atoms with E-state index in [2.05, 4.69) is 10.3 Å². The third kappa shape index (κ3) is 3.29. The molecule has 5 heteroatoms. The number of nitrogens with one attached hydrogen (secondary N) is 2. The number of fused-ring (bicyclic) bond motifs is 1. The lowest BCUT2D eigenvalue weighted by Crippen LogP contribution is -2.33. The molecule has 2 unspecified atom stereocenters. The van der Waals surface area contributed by atoms with Crippen LogP contribution in [0.3, 0.4) is 0 Å². The number of aromatic amines is 1. The maximum Gasteiger partial charge on any atom is 0.253 e. The predicted molar refractivity (Wildman–Crippen MR) is 88.2 cm³/mol. The Morgan fingerprint density at radius 3 is 2.96 bits per heavy atom. The molecule has 2 heterocycles. The van der Waals surface area contributed by atoms with Crippen LogP contribution in [0.2, 0.25) is 0 Å². The first kappa shape index (κ1) is 15.4. The normalized spacial score (nSPS) is 13.9. The monoisotopic (exact) mass is 312 g/mol. The minimum atomic E-state index is -0.731. The first-order chi connectivity index (χ1) is 11.0. The van der Waals surface area contributed by atoms with E-state index in [-0.39, 0.29) is 11.9 Å². The van der Waals surface area contributed by atoms with Crippen LogP contribution in [0, 0.1) is 6.92 Å². The predicted octanol–water partition coefficient (Wildman–Crippen LogP) is 3.31. The van der Waals surface area contributed by atoms with Gasteiger partial charge in [-0.1, -0.05) is 11.6 Å². The van der Waals surface area contributed by atoms with Gasteiger partial charge in [-0.2, -0.15) is 0 Å². The third-order valence-electron chi connectivity index (χ3n) is 3.91. The number of aliphatic hydroxyl groups excluding tert-OH is 1. The summed E-state index contributed by atoms with van der Waals surface area (Å²) < 4.78 is 5.18. The van der Waals surface area contributed by atoms with Crippen molar-refractivity contribution < 1.29 is 14.3 Å². The number of H-pyrrole nitrogens is 1. The van der Waals surface area contributed by atoms with Crippen molar-refractivity contribution >= 4 is 16.8 Å². The van der Waals surface area contributed by atoms with Crippen molar-refractivity contribution in [3.05, 3.63) is 59.7 Å². The molecule has 2 aromatic heterocycles. The van der Waals surface area contributed by atoms with Gasteiger partial charge in [0.15, 0.2) is 0 Å². The zero-order chi connectivity index (χ0) is 16.4. The Bertz CT molecular complexity index is 805. The van der Waals surface area contributed by atoms with Gasteiger partial charge in [0.2, 0.25) is 0 Å². The van der Waals surface area contributed by atoms with E-state index in [4.69, 9.17) is 4.42 Å². The Balaban J connectivity index is 1.69. The van der Waals surface area contributed by atoms with E-state index in [0.717, 1.165) is 16.5 Å². The number of aromatic nitrogens is 1. The Hall–Kier alpha value is -2.53. The van der Waals surface area contributed by atoms with Crippen molar-refractivity contribution in [2.24, 2.45) is 0 Å². The molecule has 0 aliphatic carbocycles. The van der Waals surface area contributed by atoms with Crippen molar-refractivity contribution in [1.82, 2.24) is 10.3 Å². The topological polar surface area (TPSA) is 78.3 Å². The molecule has 0 bridgehead atoms. The highest BCUT2D eigenvalue weighted by molar-refractivity contribution is 6.06. The van der Waals surface area contributed by atoms with Crippen LogP contribution in [0.5, 0.6) is 0 Å². The molecular weight excluding hydrogens is 292 g/mol. The van der Waals surface area contributed by atoms with Crippen LogP contribution in [0.4, 0.5) is 0 Å². The van der Waals surface area contributed by atoms with E-state index < -0.39 is 6.10 Å². The minimum absolute atomic E-state index is 0.152. The summed E-state index contributed by atoms with van der Waals surface area (Å²) in [5.74, 6) is 0.356. The molecule has 1 aromatic carbocycles. The van der Waals surface area contributed by atoms with Gasteiger partial charge in [-0.3, -0.25) is 4.79 Å². The van der Waals surface area contributed by atoms with Gasteiger partial charge in [-0.05, 0) is 38.1 Å². The first-order valence-electron chi connectivity index (χ1n) is 7.64. The second-order valence-electron chi connectivity index (χ2n) is 5.89. The largest absolute Gasteiger partial charge is 0.467 e. The SMILES string of the molecule is Cc1ccc2[nH]cc(C(=O)NC(C)CC(O)c3ccco3)c2c1. The van der Waals surface area contributed by atoms with Crippen LogP contribution in [0.25, 0.3) is 10.9 Å². The lowest BCUT2D eigenvalue weighted by molar-refractivity contribution is 0.0904. The standard InChI is InChI=1S/C18H20N2O3/c1-11-5-6-15-13(8-11)14(10-19-15)18(22)20-12(2)9-16(21)17-4-3-7-23-17/h3-8,10,12,16,19,21H,9H2,1-2H3,(H,20,22). The fraction of sp³-hybridized carbons (Fsp3) is 0.278. The Labute approximate surface area is 134 Å². The van der Waals surface area contributed by atoms with Crippen molar-refractivity contribution in [2.75, 3.05) is 0 Å². The number of hydrogen-bond donors (Lipinski definition) is 3. The second kappa shape index (κ2) is 6.30. The molecule has 0 aliphatic rings. The van der Waals surface area contributed by atoms with Crippen molar-refractivity contribution in [1.29, 1.82) is 0 Å². The van der Waals surface area contributed by atoms with Gasteiger partial charge in [0.05, 0.1) is 11.8 Å². The van der Waals surface area contributed by atoms with Crippen molar-refractivity contribution in [3.8, 4) is 0 Å². The Morgan fingerprint density at radius 1 is 1.39 bits per heavy atom. The number of aliphatic hydroxyl groups is 1. The molecule has 2 atom stereocenters. The quantitative estimate of drug-likeness (QED) is 0.676. The molecule has 0 radical (unpaired) electrons. The van der Waals surface area contributed by atoms with E-state index in [1.807, 2.05) is 32.0 Å². The average Bonchev–Trinajstić information content (AvgIpc) is 3.16. The summed E-state index contributed by atoms with van der Waals surface area (Å²) in [7, 11) is 0. The summed E-state index contributed by atoms with van der Waals surface area (Å²) in [6, 6.07) is 9.23. The number of furan rings is 1. The number of hydrogen-bond acceptors (Lipinski definition) is 3. The molecule has 0 spiro atoms. The summed E-state index contributed by atoms with van der Waals surface area (Å²) in [6.45, 7) is 3.86. The van der Waals surface area contributed by atoms with E-state index in [0.29, 0.717) is 17.7 Å². The smallest absolute Gasteiger partial charge is 0.253 e. The van der Waals surface area contributed by atoms with Crippen LogP contribution >= 0.6 is 0 Å². The zero-order valence-electron chi connectivity index (χ0n) is 13.2.